The Kier molecular flexibility index (Phi) is 6.79. The lowest BCUT2D eigenvalue weighted by atomic mass is 10.2. The van der Waals surface area contributed by atoms with E-state index in [0.717, 1.165) is 38.5 Å². The van der Waals surface area contributed by atoms with E-state index in [1.807, 2.05) is 0 Å². The molecule has 0 spiro atoms. The number of rotatable bonds is 8. The van der Waals surface area contributed by atoms with Gasteiger partial charge >= 0.3 is 0 Å². The summed E-state index contributed by atoms with van der Waals surface area (Å²) in [4.78, 5) is 0.242. The van der Waals surface area contributed by atoms with Gasteiger partial charge in [-0.1, -0.05) is 26.2 Å². The van der Waals surface area contributed by atoms with Crippen LogP contribution in [0.15, 0.2) is 34.1 Å². The second kappa shape index (κ2) is 8.42. The molecule has 8 heteroatoms. The Morgan fingerprint density at radius 2 is 1.50 bits per heavy atom. The molecular formula is C16H26N2O4S2. The summed E-state index contributed by atoms with van der Waals surface area (Å²) in [6.07, 6.45) is 5.56. The van der Waals surface area contributed by atoms with Crippen LogP contribution >= 0.6 is 0 Å². The summed E-state index contributed by atoms with van der Waals surface area (Å²) in [5, 5.41) is 0. The maximum absolute atomic E-state index is 12.6. The highest BCUT2D eigenvalue weighted by molar-refractivity contribution is 7.89. The fourth-order valence-corrected chi connectivity index (χ4v) is 5.30. The standard InChI is InChI=1S/C16H26N2O4S2/c1-2-3-5-12-17-23(19,20)15-8-10-16(11-9-15)24(21,22)18-13-6-4-7-14-18/h8-11,17H,2-7,12-14H2,1H3. The van der Waals surface area contributed by atoms with E-state index >= 15 is 0 Å². The van der Waals surface area contributed by atoms with E-state index in [9.17, 15) is 16.8 Å². The molecule has 1 aromatic rings. The minimum absolute atomic E-state index is 0.0941. The van der Waals surface area contributed by atoms with Gasteiger partial charge in [0.25, 0.3) is 0 Å². The zero-order valence-corrected chi connectivity index (χ0v) is 15.7. The molecule has 1 N–H and O–H groups in total. The average molecular weight is 375 g/mol. The number of nitrogens with zero attached hydrogens (tertiary/aromatic N) is 1. The molecule has 6 nitrogen and oxygen atoms in total. The summed E-state index contributed by atoms with van der Waals surface area (Å²) in [5.74, 6) is 0. The van der Waals surface area contributed by atoms with Crippen molar-refractivity contribution in [1.29, 1.82) is 0 Å². The lowest BCUT2D eigenvalue weighted by Gasteiger charge is -2.25. The Balaban J connectivity index is 2.09. The lowest BCUT2D eigenvalue weighted by Crippen LogP contribution is -2.35. The molecule has 0 amide bonds. The minimum atomic E-state index is -3.59. The Morgan fingerprint density at radius 3 is 2.08 bits per heavy atom. The van der Waals surface area contributed by atoms with E-state index in [1.165, 1.54) is 28.6 Å². The molecule has 0 saturated carbocycles. The highest BCUT2D eigenvalue weighted by Gasteiger charge is 2.26. The van der Waals surface area contributed by atoms with Gasteiger partial charge in [-0.15, -0.1) is 0 Å². The first-order valence-corrected chi connectivity index (χ1v) is 11.4. The quantitative estimate of drug-likeness (QED) is 0.708. The molecule has 1 aliphatic rings. The summed E-state index contributed by atoms with van der Waals surface area (Å²) < 4.78 is 53.5. The molecule has 136 valence electrons. The Bertz CT molecular complexity index is 722. The number of hydrogen-bond donors (Lipinski definition) is 1. The number of nitrogens with one attached hydrogen (secondary N) is 1. The number of piperidine rings is 1. The van der Waals surface area contributed by atoms with Crippen LogP contribution < -0.4 is 4.72 Å². The van der Waals surface area contributed by atoms with Gasteiger partial charge in [0.2, 0.25) is 20.0 Å². The largest absolute Gasteiger partial charge is 0.243 e. The molecule has 1 fully saturated rings. The molecule has 24 heavy (non-hydrogen) atoms. The highest BCUT2D eigenvalue weighted by Crippen LogP contribution is 2.21. The summed E-state index contributed by atoms with van der Waals surface area (Å²) in [6.45, 7) is 3.50. The maximum atomic E-state index is 12.6. The number of sulfonamides is 2. The topological polar surface area (TPSA) is 83.5 Å². The van der Waals surface area contributed by atoms with E-state index in [1.54, 1.807) is 0 Å². The molecule has 0 unspecified atom stereocenters. The van der Waals surface area contributed by atoms with Crippen LogP contribution in [-0.4, -0.2) is 40.8 Å². The summed E-state index contributed by atoms with van der Waals surface area (Å²) in [6, 6.07) is 5.48. The van der Waals surface area contributed by atoms with Crippen LogP contribution in [0.25, 0.3) is 0 Å². The van der Waals surface area contributed by atoms with Crippen molar-refractivity contribution in [2.24, 2.45) is 0 Å². The normalized spacial score (nSPS) is 17.0. The van der Waals surface area contributed by atoms with Crippen LogP contribution in [0.3, 0.4) is 0 Å². The molecular weight excluding hydrogens is 348 g/mol. The fourth-order valence-electron chi connectivity index (χ4n) is 2.71. The van der Waals surface area contributed by atoms with Crippen LogP contribution in [0, 0.1) is 0 Å². The second-order valence-corrected chi connectivity index (χ2v) is 9.75. The Morgan fingerprint density at radius 1 is 0.917 bits per heavy atom. The van der Waals surface area contributed by atoms with Gasteiger partial charge in [-0.25, -0.2) is 21.6 Å². The van der Waals surface area contributed by atoms with Crippen molar-refractivity contribution in [1.82, 2.24) is 9.03 Å². The molecule has 0 aliphatic carbocycles. The van der Waals surface area contributed by atoms with E-state index in [4.69, 9.17) is 0 Å². The SMILES string of the molecule is CCCCCNS(=O)(=O)c1ccc(S(=O)(=O)N2CCCCC2)cc1. The zero-order valence-electron chi connectivity index (χ0n) is 14.1. The van der Waals surface area contributed by atoms with Gasteiger partial charge < -0.3 is 0 Å². The molecule has 0 bridgehead atoms. The monoisotopic (exact) mass is 374 g/mol. The van der Waals surface area contributed by atoms with Gasteiger partial charge in [-0.2, -0.15) is 4.31 Å². The Hall–Kier alpha value is -0.960. The maximum Gasteiger partial charge on any atom is 0.243 e. The second-order valence-electron chi connectivity index (χ2n) is 6.04. The third-order valence-corrected chi connectivity index (χ3v) is 7.55. The lowest BCUT2D eigenvalue weighted by molar-refractivity contribution is 0.346. The predicted octanol–water partition coefficient (Wildman–Crippen LogP) is 2.33. The van der Waals surface area contributed by atoms with E-state index in [2.05, 4.69) is 11.6 Å². The fraction of sp³-hybridized carbons (Fsp3) is 0.625. The van der Waals surface area contributed by atoms with E-state index < -0.39 is 20.0 Å². The summed E-state index contributed by atoms with van der Waals surface area (Å²) >= 11 is 0. The van der Waals surface area contributed by atoms with Crippen LogP contribution in [0.2, 0.25) is 0 Å². The van der Waals surface area contributed by atoms with Crippen LogP contribution in [0.4, 0.5) is 0 Å². The van der Waals surface area contributed by atoms with Gasteiger partial charge in [0.1, 0.15) is 0 Å². The molecule has 1 aliphatic heterocycles. The first-order chi connectivity index (χ1) is 11.4. The van der Waals surface area contributed by atoms with Crippen LogP contribution in [-0.2, 0) is 20.0 Å². The van der Waals surface area contributed by atoms with Crippen molar-refractivity contribution < 1.29 is 16.8 Å². The van der Waals surface area contributed by atoms with Gasteiger partial charge in [-0.3, -0.25) is 0 Å². The van der Waals surface area contributed by atoms with Crippen molar-refractivity contribution in [3.05, 3.63) is 24.3 Å². The molecule has 0 atom stereocenters. The van der Waals surface area contributed by atoms with Gasteiger partial charge in [0.15, 0.2) is 0 Å². The zero-order chi connectivity index (χ0) is 17.6. The van der Waals surface area contributed by atoms with Crippen molar-refractivity contribution in [3.8, 4) is 0 Å². The molecule has 1 saturated heterocycles. The van der Waals surface area contributed by atoms with Crippen molar-refractivity contribution in [2.75, 3.05) is 19.6 Å². The molecule has 1 aromatic carbocycles. The average Bonchev–Trinajstić information content (AvgIpc) is 2.60. The summed E-state index contributed by atoms with van der Waals surface area (Å²) in [5.41, 5.74) is 0. The molecule has 2 rings (SSSR count). The summed E-state index contributed by atoms with van der Waals surface area (Å²) in [7, 11) is -7.12. The third-order valence-electron chi connectivity index (χ3n) is 4.16. The van der Waals surface area contributed by atoms with Crippen molar-refractivity contribution in [3.63, 3.8) is 0 Å². The molecule has 0 radical (unpaired) electrons. The number of unbranched alkanes of at least 4 members (excludes halogenated alkanes) is 2. The van der Waals surface area contributed by atoms with E-state index in [-0.39, 0.29) is 9.79 Å². The first kappa shape index (κ1) is 19.4. The molecule has 1 heterocycles. The number of benzene rings is 1. The van der Waals surface area contributed by atoms with Gasteiger partial charge in [0, 0.05) is 19.6 Å². The third kappa shape index (κ3) is 4.78. The Labute approximate surface area is 145 Å². The predicted molar refractivity (Wildman–Crippen MR) is 93.8 cm³/mol. The highest BCUT2D eigenvalue weighted by atomic mass is 32.2. The van der Waals surface area contributed by atoms with E-state index in [0.29, 0.717) is 19.6 Å². The van der Waals surface area contributed by atoms with Crippen molar-refractivity contribution >= 4 is 20.0 Å². The van der Waals surface area contributed by atoms with Crippen LogP contribution in [0.1, 0.15) is 45.4 Å². The number of hydrogen-bond acceptors (Lipinski definition) is 4. The smallest absolute Gasteiger partial charge is 0.211 e. The van der Waals surface area contributed by atoms with Crippen LogP contribution in [0.5, 0.6) is 0 Å². The molecule has 0 aromatic heterocycles. The van der Waals surface area contributed by atoms with Gasteiger partial charge in [-0.05, 0) is 43.5 Å². The minimum Gasteiger partial charge on any atom is -0.211 e. The van der Waals surface area contributed by atoms with Gasteiger partial charge in [0.05, 0.1) is 9.79 Å². The van der Waals surface area contributed by atoms with Crippen molar-refractivity contribution in [2.45, 2.75) is 55.2 Å². The first-order valence-electron chi connectivity index (χ1n) is 8.48.